The summed E-state index contributed by atoms with van der Waals surface area (Å²) in [5.41, 5.74) is 13.7. The van der Waals surface area contributed by atoms with Gasteiger partial charge in [0.15, 0.2) is 0 Å². The molecule has 13 nitrogen and oxygen atoms in total. The first-order valence-corrected chi connectivity index (χ1v) is 12.5. The van der Waals surface area contributed by atoms with Crippen LogP contribution in [0.3, 0.4) is 0 Å². The third kappa shape index (κ3) is 8.12. The lowest BCUT2D eigenvalue weighted by Gasteiger charge is -2.24. The molecule has 3 rings (SSSR count). The second-order valence-electron chi connectivity index (χ2n) is 9.23. The van der Waals surface area contributed by atoms with Crippen LogP contribution in [0.25, 0.3) is 10.9 Å². The zero-order chi connectivity index (χ0) is 29.2. The number of para-hydroxylation sites is 1. The van der Waals surface area contributed by atoms with E-state index >= 15 is 0 Å². The van der Waals surface area contributed by atoms with Gasteiger partial charge in [-0.25, -0.2) is 4.79 Å². The Morgan fingerprint density at radius 1 is 0.800 bits per heavy atom. The Kier molecular flexibility index (Phi) is 10.3. The van der Waals surface area contributed by atoms with Crippen LogP contribution < -0.4 is 27.4 Å². The number of carboxylic acids is 1. The summed E-state index contributed by atoms with van der Waals surface area (Å²) in [6.45, 7) is -0.873. The number of primary amides is 1. The molecule has 4 unspecified atom stereocenters. The predicted molar refractivity (Wildman–Crippen MR) is 144 cm³/mol. The number of carbonyl (C=O) groups is 5. The molecule has 1 heterocycles. The second-order valence-corrected chi connectivity index (χ2v) is 9.23. The highest BCUT2D eigenvalue weighted by molar-refractivity contribution is 5.96. The second kappa shape index (κ2) is 13.9. The molecule has 0 fully saturated rings. The fourth-order valence-corrected chi connectivity index (χ4v) is 4.11. The van der Waals surface area contributed by atoms with Crippen LogP contribution in [0.5, 0.6) is 0 Å². The van der Waals surface area contributed by atoms with Gasteiger partial charge in [0.2, 0.25) is 23.6 Å². The molecular formula is C27H32N6O7. The molecule has 3 aromatic rings. The number of H-pyrrole nitrogens is 1. The van der Waals surface area contributed by atoms with Crippen molar-refractivity contribution in [1.29, 1.82) is 0 Å². The average Bonchev–Trinajstić information content (AvgIpc) is 3.33. The quantitative estimate of drug-likeness (QED) is 0.119. The third-order valence-corrected chi connectivity index (χ3v) is 6.20. The number of aliphatic hydroxyl groups is 1. The lowest BCUT2D eigenvalue weighted by Crippen LogP contribution is -2.58. The number of aromatic amines is 1. The van der Waals surface area contributed by atoms with E-state index in [0.717, 1.165) is 16.5 Å². The number of hydrogen-bond donors (Lipinski definition) is 8. The zero-order valence-electron chi connectivity index (χ0n) is 21.5. The van der Waals surface area contributed by atoms with Gasteiger partial charge in [-0.3, -0.25) is 19.2 Å². The van der Waals surface area contributed by atoms with Gasteiger partial charge in [-0.2, -0.15) is 0 Å². The van der Waals surface area contributed by atoms with Crippen molar-refractivity contribution in [2.75, 3.05) is 6.61 Å². The van der Waals surface area contributed by atoms with Gasteiger partial charge in [0.25, 0.3) is 0 Å². The van der Waals surface area contributed by atoms with Crippen LogP contribution in [-0.4, -0.2) is 75.6 Å². The highest BCUT2D eigenvalue weighted by Crippen LogP contribution is 2.18. The topological polar surface area (TPSA) is 230 Å². The van der Waals surface area contributed by atoms with E-state index in [1.54, 1.807) is 36.5 Å². The number of aliphatic carboxylic acids is 1. The van der Waals surface area contributed by atoms with Gasteiger partial charge in [-0.05, 0) is 23.6 Å². The van der Waals surface area contributed by atoms with Gasteiger partial charge < -0.3 is 42.6 Å². The van der Waals surface area contributed by atoms with E-state index in [-0.39, 0.29) is 12.8 Å². The third-order valence-electron chi connectivity index (χ3n) is 6.20. The minimum atomic E-state index is -1.61. The summed E-state index contributed by atoms with van der Waals surface area (Å²) in [4.78, 5) is 65.1. The van der Waals surface area contributed by atoms with E-state index < -0.39 is 66.8 Å². The minimum Gasteiger partial charge on any atom is -0.480 e. The van der Waals surface area contributed by atoms with E-state index in [9.17, 15) is 34.2 Å². The van der Waals surface area contributed by atoms with Gasteiger partial charge in [0.1, 0.15) is 18.1 Å². The zero-order valence-corrected chi connectivity index (χ0v) is 21.5. The Morgan fingerprint density at radius 3 is 2.05 bits per heavy atom. The number of rotatable bonds is 14. The fraction of sp³-hybridized carbons (Fsp3) is 0.296. The fourth-order valence-electron chi connectivity index (χ4n) is 4.11. The highest BCUT2D eigenvalue weighted by atomic mass is 16.4. The number of nitrogens with one attached hydrogen (secondary N) is 4. The molecule has 0 aliphatic heterocycles. The predicted octanol–water partition coefficient (Wildman–Crippen LogP) is -1.31. The van der Waals surface area contributed by atoms with E-state index in [0.29, 0.717) is 5.56 Å². The molecule has 10 N–H and O–H groups in total. The number of carbonyl (C=O) groups excluding carboxylic acids is 4. The van der Waals surface area contributed by atoms with E-state index in [1.807, 2.05) is 24.3 Å². The molecule has 0 radical (unpaired) electrons. The Morgan fingerprint density at radius 2 is 1.40 bits per heavy atom. The number of amides is 4. The van der Waals surface area contributed by atoms with Crippen LogP contribution in [0.1, 0.15) is 17.5 Å². The van der Waals surface area contributed by atoms with Crippen molar-refractivity contribution < 1.29 is 34.2 Å². The largest absolute Gasteiger partial charge is 0.480 e. The van der Waals surface area contributed by atoms with Crippen LogP contribution in [0.2, 0.25) is 0 Å². The maximum Gasteiger partial charge on any atom is 0.328 e. The van der Waals surface area contributed by atoms with Crippen molar-refractivity contribution in [3.63, 3.8) is 0 Å². The maximum atomic E-state index is 13.2. The Balaban J connectivity index is 1.74. The van der Waals surface area contributed by atoms with E-state index in [2.05, 4.69) is 20.9 Å². The average molecular weight is 553 g/mol. The molecule has 0 saturated heterocycles. The number of aromatic nitrogens is 1. The molecule has 212 valence electrons. The summed E-state index contributed by atoms with van der Waals surface area (Å²) in [7, 11) is 0. The first-order chi connectivity index (χ1) is 19.1. The van der Waals surface area contributed by atoms with E-state index in [1.165, 1.54) is 0 Å². The monoisotopic (exact) mass is 552 g/mol. The number of fused-ring (bicyclic) bond motifs is 1. The number of aliphatic hydroxyl groups excluding tert-OH is 1. The molecule has 0 aliphatic carbocycles. The van der Waals surface area contributed by atoms with Gasteiger partial charge in [0, 0.05) is 23.5 Å². The standard InChI is InChI=1S/C27H32N6O7/c28-18(11-16-13-30-19-9-5-4-8-17(16)19)24(36)31-21(12-23(29)35)26(38)32-20(10-15-6-2-1-3-7-15)25(37)33-22(14-34)27(39)40/h1-9,13,18,20-22,30,34H,10-12,14,28H2,(H2,29,35)(H,31,36)(H,32,38)(H,33,37)(H,39,40). The molecule has 0 aliphatic rings. The molecule has 1 aromatic heterocycles. The summed E-state index contributed by atoms with van der Waals surface area (Å²) in [5, 5.41) is 26.4. The van der Waals surface area contributed by atoms with Crippen LogP contribution in [-0.2, 0) is 36.8 Å². The van der Waals surface area contributed by atoms with E-state index in [4.69, 9.17) is 11.5 Å². The molecular weight excluding hydrogens is 520 g/mol. The molecule has 0 spiro atoms. The Hall–Kier alpha value is -4.75. The summed E-state index contributed by atoms with van der Waals surface area (Å²) < 4.78 is 0. The van der Waals surface area contributed by atoms with Gasteiger partial charge in [-0.15, -0.1) is 0 Å². The van der Waals surface area contributed by atoms with Crippen molar-refractivity contribution in [2.45, 2.75) is 43.4 Å². The first-order valence-electron chi connectivity index (χ1n) is 12.5. The van der Waals surface area contributed by atoms with Crippen molar-refractivity contribution in [1.82, 2.24) is 20.9 Å². The summed E-state index contributed by atoms with van der Waals surface area (Å²) >= 11 is 0. The SMILES string of the molecule is NC(=O)CC(NC(=O)C(N)Cc1c[nH]c2ccccc12)C(=O)NC(Cc1ccccc1)C(=O)NC(CO)C(=O)O. The Bertz CT molecular complexity index is 1360. The van der Waals surface area contributed by atoms with Crippen molar-refractivity contribution in [3.05, 3.63) is 71.9 Å². The van der Waals surface area contributed by atoms with Crippen molar-refractivity contribution in [3.8, 4) is 0 Å². The minimum absolute atomic E-state index is 0.0481. The summed E-state index contributed by atoms with van der Waals surface area (Å²) in [5.74, 6) is -4.87. The molecule has 13 heteroatoms. The molecule has 2 aromatic carbocycles. The number of hydrogen-bond acceptors (Lipinski definition) is 7. The van der Waals surface area contributed by atoms with Gasteiger partial charge in [-0.1, -0.05) is 48.5 Å². The first kappa shape index (κ1) is 29.8. The van der Waals surface area contributed by atoms with Crippen LogP contribution in [0, 0.1) is 0 Å². The summed E-state index contributed by atoms with van der Waals surface area (Å²) in [6, 6.07) is 10.6. The molecule has 0 saturated carbocycles. The van der Waals surface area contributed by atoms with Gasteiger partial charge >= 0.3 is 5.97 Å². The number of nitrogens with two attached hydrogens (primary N) is 2. The number of carboxylic acid groups (broad SMARTS) is 1. The van der Waals surface area contributed by atoms with Crippen LogP contribution >= 0.6 is 0 Å². The summed E-state index contributed by atoms with van der Waals surface area (Å²) in [6.07, 6.45) is 1.24. The molecule has 4 amide bonds. The smallest absolute Gasteiger partial charge is 0.328 e. The van der Waals surface area contributed by atoms with Crippen molar-refractivity contribution in [2.24, 2.45) is 11.5 Å². The lowest BCUT2D eigenvalue weighted by molar-refractivity contribution is -0.143. The van der Waals surface area contributed by atoms with Gasteiger partial charge in [0.05, 0.1) is 19.1 Å². The lowest BCUT2D eigenvalue weighted by atomic mass is 10.0. The number of benzene rings is 2. The maximum absolute atomic E-state index is 13.2. The molecule has 40 heavy (non-hydrogen) atoms. The highest BCUT2D eigenvalue weighted by Gasteiger charge is 2.31. The van der Waals surface area contributed by atoms with Crippen LogP contribution in [0.4, 0.5) is 0 Å². The molecule has 0 bridgehead atoms. The van der Waals surface area contributed by atoms with Crippen molar-refractivity contribution >= 4 is 40.5 Å². The Labute approximate surface area is 229 Å². The molecule has 4 atom stereocenters. The normalized spacial score (nSPS) is 13.9. The van der Waals surface area contributed by atoms with Crippen LogP contribution in [0.15, 0.2) is 60.8 Å².